The molecule has 10 nitrogen and oxygen atoms in total. The Hall–Kier alpha value is -4.86. The van der Waals surface area contributed by atoms with Gasteiger partial charge in [0.05, 0.1) is 33.1 Å². The minimum Gasteiger partial charge on any atom is -0.497 e. The largest absolute Gasteiger partial charge is 0.497 e. The summed E-state index contributed by atoms with van der Waals surface area (Å²) in [6.45, 7) is 0. The van der Waals surface area contributed by atoms with Crippen LogP contribution in [-0.2, 0) is 9.59 Å². The summed E-state index contributed by atoms with van der Waals surface area (Å²) in [5, 5.41) is 6.23. The quantitative estimate of drug-likeness (QED) is 0.168. The highest BCUT2D eigenvalue weighted by atomic mass is 16.6. The molecule has 2 N–H and O–H groups in total. The average molecular weight is 477 g/mol. The maximum Gasteiger partial charge on any atom is 0.343 e. The molecule has 3 aromatic rings. The Bertz CT molecular complexity index is 1240. The lowest BCUT2D eigenvalue weighted by atomic mass is 10.2. The zero-order valence-corrected chi connectivity index (χ0v) is 19.2. The lowest BCUT2D eigenvalue weighted by Gasteiger charge is -2.10. The van der Waals surface area contributed by atoms with Gasteiger partial charge in [-0.3, -0.25) is 9.59 Å². The SMILES string of the molecule is COc1ccc(NC(=O)C(=O)N/N=C/c2ccc(OC(=O)c3cccc(OC)c3)c(OC)c2)cc1. The van der Waals surface area contributed by atoms with Crippen molar-refractivity contribution in [3.63, 3.8) is 0 Å². The van der Waals surface area contributed by atoms with Gasteiger partial charge in [-0.1, -0.05) is 6.07 Å². The van der Waals surface area contributed by atoms with Crippen LogP contribution in [0.5, 0.6) is 23.0 Å². The van der Waals surface area contributed by atoms with Gasteiger partial charge in [-0.05, 0) is 66.2 Å². The highest BCUT2D eigenvalue weighted by Crippen LogP contribution is 2.28. The summed E-state index contributed by atoms with van der Waals surface area (Å²) in [4.78, 5) is 36.5. The normalized spacial score (nSPS) is 10.4. The average Bonchev–Trinajstić information content (AvgIpc) is 2.89. The van der Waals surface area contributed by atoms with Gasteiger partial charge in [-0.15, -0.1) is 0 Å². The number of carbonyl (C=O) groups is 3. The second-order valence-corrected chi connectivity index (χ2v) is 6.91. The van der Waals surface area contributed by atoms with Crippen LogP contribution in [-0.4, -0.2) is 45.3 Å². The molecule has 180 valence electrons. The van der Waals surface area contributed by atoms with Crippen molar-refractivity contribution in [2.75, 3.05) is 26.6 Å². The van der Waals surface area contributed by atoms with Crippen molar-refractivity contribution in [1.82, 2.24) is 5.43 Å². The van der Waals surface area contributed by atoms with Gasteiger partial charge < -0.3 is 24.3 Å². The summed E-state index contributed by atoms with van der Waals surface area (Å²) in [5.74, 6) is -0.809. The fourth-order valence-corrected chi connectivity index (χ4v) is 2.84. The summed E-state index contributed by atoms with van der Waals surface area (Å²) in [6, 6.07) is 17.7. The topological polar surface area (TPSA) is 125 Å². The Morgan fingerprint density at radius 3 is 2.20 bits per heavy atom. The molecular weight excluding hydrogens is 454 g/mol. The molecule has 10 heteroatoms. The third-order valence-electron chi connectivity index (χ3n) is 4.63. The van der Waals surface area contributed by atoms with E-state index in [1.54, 1.807) is 60.7 Å². The number of hydrazone groups is 1. The fraction of sp³-hybridized carbons (Fsp3) is 0.120. The van der Waals surface area contributed by atoms with Crippen molar-refractivity contribution >= 4 is 29.7 Å². The first-order chi connectivity index (χ1) is 16.9. The summed E-state index contributed by atoms with van der Waals surface area (Å²) < 4.78 is 20.9. The first kappa shape index (κ1) is 24.8. The Balaban J connectivity index is 1.59. The predicted molar refractivity (Wildman–Crippen MR) is 128 cm³/mol. The molecule has 3 rings (SSSR count). The molecule has 0 bridgehead atoms. The Kier molecular flexibility index (Phi) is 8.38. The van der Waals surface area contributed by atoms with Gasteiger partial charge >= 0.3 is 17.8 Å². The van der Waals surface area contributed by atoms with E-state index in [-0.39, 0.29) is 11.5 Å². The number of hydrogen-bond donors (Lipinski definition) is 2. The van der Waals surface area contributed by atoms with Gasteiger partial charge in [0.2, 0.25) is 0 Å². The van der Waals surface area contributed by atoms with Crippen LogP contribution in [0.2, 0.25) is 0 Å². The molecule has 2 amide bonds. The number of nitrogens with one attached hydrogen (secondary N) is 2. The molecule has 0 unspecified atom stereocenters. The summed E-state index contributed by atoms with van der Waals surface area (Å²) in [5.41, 5.74) is 3.41. The molecule has 35 heavy (non-hydrogen) atoms. The molecule has 0 saturated carbocycles. The predicted octanol–water partition coefficient (Wildman–Crippen LogP) is 3.02. The van der Waals surface area contributed by atoms with Gasteiger partial charge in [0.25, 0.3) is 0 Å². The summed E-state index contributed by atoms with van der Waals surface area (Å²) >= 11 is 0. The third kappa shape index (κ3) is 6.81. The molecule has 0 atom stereocenters. The molecule has 0 saturated heterocycles. The number of amides is 2. The van der Waals surface area contributed by atoms with Crippen molar-refractivity contribution in [3.8, 4) is 23.0 Å². The Labute approximate surface area is 201 Å². The number of anilines is 1. The van der Waals surface area contributed by atoms with Gasteiger partial charge in [-0.25, -0.2) is 10.2 Å². The molecule has 3 aromatic carbocycles. The molecule has 0 heterocycles. The second kappa shape index (κ2) is 11.8. The van der Waals surface area contributed by atoms with Crippen LogP contribution in [0.25, 0.3) is 0 Å². The van der Waals surface area contributed by atoms with E-state index in [4.69, 9.17) is 18.9 Å². The van der Waals surface area contributed by atoms with Crippen molar-refractivity contribution in [2.45, 2.75) is 0 Å². The number of esters is 1. The number of methoxy groups -OCH3 is 3. The molecule has 0 spiro atoms. The molecule has 0 aliphatic carbocycles. The van der Waals surface area contributed by atoms with Crippen molar-refractivity contribution in [1.29, 1.82) is 0 Å². The van der Waals surface area contributed by atoms with Crippen LogP contribution in [0.1, 0.15) is 15.9 Å². The van der Waals surface area contributed by atoms with E-state index >= 15 is 0 Å². The highest BCUT2D eigenvalue weighted by molar-refractivity contribution is 6.39. The van der Waals surface area contributed by atoms with E-state index in [1.807, 2.05) is 0 Å². The number of ether oxygens (including phenoxy) is 4. The Morgan fingerprint density at radius 2 is 1.51 bits per heavy atom. The van der Waals surface area contributed by atoms with Crippen LogP contribution < -0.4 is 29.7 Å². The zero-order valence-electron chi connectivity index (χ0n) is 19.2. The molecular formula is C25H23N3O7. The molecule has 0 aliphatic heterocycles. The standard InChI is InChI=1S/C25H23N3O7/c1-32-19-10-8-18(9-11-19)27-23(29)24(30)28-26-15-16-7-12-21(22(13-16)34-3)35-25(31)17-5-4-6-20(14-17)33-2/h4-15H,1-3H3,(H,27,29)(H,28,30)/b26-15+. The zero-order chi connectivity index (χ0) is 25.2. The van der Waals surface area contributed by atoms with Crippen molar-refractivity contribution < 1.29 is 33.3 Å². The van der Waals surface area contributed by atoms with Crippen LogP contribution in [0.15, 0.2) is 71.8 Å². The third-order valence-corrected chi connectivity index (χ3v) is 4.63. The maximum absolute atomic E-state index is 12.5. The smallest absolute Gasteiger partial charge is 0.343 e. The number of benzene rings is 3. The first-order valence-corrected chi connectivity index (χ1v) is 10.3. The van der Waals surface area contributed by atoms with Gasteiger partial charge in [0.15, 0.2) is 11.5 Å². The van der Waals surface area contributed by atoms with E-state index in [0.717, 1.165) is 0 Å². The lowest BCUT2D eigenvalue weighted by Crippen LogP contribution is -2.32. The van der Waals surface area contributed by atoms with Gasteiger partial charge in [-0.2, -0.15) is 5.10 Å². The van der Waals surface area contributed by atoms with Crippen molar-refractivity contribution in [3.05, 3.63) is 77.9 Å². The second-order valence-electron chi connectivity index (χ2n) is 6.91. The molecule has 0 aliphatic rings. The fourth-order valence-electron chi connectivity index (χ4n) is 2.84. The van der Waals surface area contributed by atoms with Crippen LogP contribution in [0.4, 0.5) is 5.69 Å². The molecule has 0 radical (unpaired) electrons. The lowest BCUT2D eigenvalue weighted by molar-refractivity contribution is -0.136. The maximum atomic E-state index is 12.5. The number of rotatable bonds is 8. The van der Waals surface area contributed by atoms with Crippen LogP contribution >= 0.6 is 0 Å². The van der Waals surface area contributed by atoms with Gasteiger partial charge in [0.1, 0.15) is 11.5 Å². The van der Waals surface area contributed by atoms with E-state index in [1.165, 1.54) is 33.6 Å². The Morgan fingerprint density at radius 1 is 0.771 bits per heavy atom. The van der Waals surface area contributed by atoms with E-state index in [0.29, 0.717) is 28.3 Å². The highest BCUT2D eigenvalue weighted by Gasteiger charge is 2.15. The molecule has 0 aromatic heterocycles. The van der Waals surface area contributed by atoms with E-state index in [9.17, 15) is 14.4 Å². The molecule has 0 fully saturated rings. The van der Waals surface area contributed by atoms with Crippen LogP contribution in [0, 0.1) is 0 Å². The summed E-state index contributed by atoms with van der Waals surface area (Å²) in [6.07, 6.45) is 1.31. The minimum atomic E-state index is -0.951. The van der Waals surface area contributed by atoms with Crippen molar-refractivity contribution in [2.24, 2.45) is 5.10 Å². The number of carbonyl (C=O) groups excluding carboxylic acids is 3. The monoisotopic (exact) mass is 477 g/mol. The number of nitrogens with zero attached hydrogens (tertiary/aromatic N) is 1. The van der Waals surface area contributed by atoms with Crippen LogP contribution in [0.3, 0.4) is 0 Å². The minimum absolute atomic E-state index is 0.195. The first-order valence-electron chi connectivity index (χ1n) is 10.3. The van der Waals surface area contributed by atoms with Gasteiger partial charge in [0, 0.05) is 5.69 Å². The van der Waals surface area contributed by atoms with E-state index < -0.39 is 17.8 Å². The summed E-state index contributed by atoms with van der Waals surface area (Å²) in [7, 11) is 4.45. The number of hydrogen-bond acceptors (Lipinski definition) is 8. The van der Waals surface area contributed by atoms with E-state index in [2.05, 4.69) is 15.8 Å².